The highest BCUT2D eigenvalue weighted by atomic mass is 35.5. The van der Waals surface area contributed by atoms with Gasteiger partial charge >= 0.3 is 0 Å². The molecule has 140 valence electrons. The van der Waals surface area contributed by atoms with Crippen LogP contribution in [0.4, 0.5) is 0 Å². The van der Waals surface area contributed by atoms with Gasteiger partial charge < -0.3 is 10.2 Å². The van der Waals surface area contributed by atoms with Crippen LogP contribution in [0.25, 0.3) is 0 Å². The van der Waals surface area contributed by atoms with Crippen molar-refractivity contribution in [1.29, 1.82) is 0 Å². The van der Waals surface area contributed by atoms with Crippen LogP contribution in [0.5, 0.6) is 0 Å². The number of hydrogen-bond acceptors (Lipinski definition) is 4. The fraction of sp³-hybridized carbons (Fsp3) is 0.588. The number of nitrogens with zero attached hydrogens (tertiary/aromatic N) is 3. The molecule has 0 aliphatic carbocycles. The minimum absolute atomic E-state index is 0.257. The number of sulfone groups is 1. The van der Waals surface area contributed by atoms with Crippen molar-refractivity contribution in [3.8, 4) is 0 Å². The second kappa shape index (κ2) is 9.40. The molecule has 1 heterocycles. The van der Waals surface area contributed by atoms with E-state index in [1.54, 1.807) is 0 Å². The molecular weight excluding hydrogens is 360 g/mol. The third-order valence-corrected chi connectivity index (χ3v) is 6.01. The topological polar surface area (TPSA) is 65.0 Å². The van der Waals surface area contributed by atoms with E-state index in [0.29, 0.717) is 19.6 Å². The Bertz CT molecular complexity index is 662. The third kappa shape index (κ3) is 6.84. The van der Waals surface area contributed by atoms with Gasteiger partial charge in [0.1, 0.15) is 0 Å². The smallest absolute Gasteiger partial charge is 0.194 e. The van der Waals surface area contributed by atoms with Gasteiger partial charge in [0.2, 0.25) is 0 Å². The molecule has 1 aliphatic heterocycles. The van der Waals surface area contributed by atoms with E-state index in [-0.39, 0.29) is 11.5 Å². The first-order chi connectivity index (χ1) is 11.9. The van der Waals surface area contributed by atoms with Gasteiger partial charge in [-0.25, -0.2) is 8.42 Å². The van der Waals surface area contributed by atoms with E-state index < -0.39 is 9.84 Å². The lowest BCUT2D eigenvalue weighted by atomic mass is 10.2. The van der Waals surface area contributed by atoms with E-state index >= 15 is 0 Å². The standard InChI is InChI=1S/C17H27ClN4O2S/c1-3-19-17(21(2)14-15-4-6-16(18)7-5-15)20-8-9-22-10-12-25(23,24)13-11-22/h4-7H,3,8-14H2,1-2H3,(H,19,20). The van der Waals surface area contributed by atoms with Crippen molar-refractivity contribution in [2.75, 3.05) is 51.3 Å². The highest BCUT2D eigenvalue weighted by molar-refractivity contribution is 7.91. The summed E-state index contributed by atoms with van der Waals surface area (Å²) in [5.74, 6) is 1.36. The molecule has 0 amide bonds. The highest BCUT2D eigenvalue weighted by Gasteiger charge is 2.20. The minimum Gasteiger partial charge on any atom is -0.357 e. The summed E-state index contributed by atoms with van der Waals surface area (Å²) in [6, 6.07) is 7.80. The quantitative estimate of drug-likeness (QED) is 0.592. The molecular formula is C17H27ClN4O2S. The predicted octanol–water partition coefficient (Wildman–Crippen LogP) is 1.47. The Labute approximate surface area is 155 Å². The molecule has 8 heteroatoms. The van der Waals surface area contributed by atoms with E-state index in [1.165, 1.54) is 5.56 Å². The van der Waals surface area contributed by atoms with Gasteiger partial charge in [-0.15, -0.1) is 0 Å². The second-order valence-corrected chi connectivity index (χ2v) is 8.95. The normalized spacial score (nSPS) is 18.1. The predicted molar refractivity (Wildman–Crippen MR) is 104 cm³/mol. The van der Waals surface area contributed by atoms with Gasteiger partial charge in [-0.3, -0.25) is 9.89 Å². The maximum Gasteiger partial charge on any atom is 0.194 e. The van der Waals surface area contributed by atoms with Gasteiger partial charge in [-0.1, -0.05) is 23.7 Å². The van der Waals surface area contributed by atoms with Crippen molar-refractivity contribution in [3.63, 3.8) is 0 Å². The average Bonchev–Trinajstić information content (AvgIpc) is 2.57. The molecule has 0 aromatic heterocycles. The Kier molecular flexibility index (Phi) is 7.53. The summed E-state index contributed by atoms with van der Waals surface area (Å²) in [5, 5.41) is 4.03. The maximum atomic E-state index is 11.5. The summed E-state index contributed by atoms with van der Waals surface area (Å²) in [6.07, 6.45) is 0. The SMILES string of the molecule is CCNC(=NCCN1CCS(=O)(=O)CC1)N(C)Cc1ccc(Cl)cc1. The lowest BCUT2D eigenvalue weighted by Crippen LogP contribution is -2.42. The Hall–Kier alpha value is -1.31. The van der Waals surface area contributed by atoms with Crippen molar-refractivity contribution in [1.82, 2.24) is 15.1 Å². The summed E-state index contributed by atoms with van der Waals surface area (Å²) < 4.78 is 22.9. The van der Waals surface area contributed by atoms with E-state index in [2.05, 4.69) is 20.1 Å². The zero-order chi connectivity index (χ0) is 18.3. The molecule has 0 spiro atoms. The lowest BCUT2D eigenvalue weighted by Gasteiger charge is -2.26. The summed E-state index contributed by atoms with van der Waals surface area (Å²) in [5.41, 5.74) is 1.17. The molecule has 1 saturated heterocycles. The Balaban J connectivity index is 1.87. The number of guanidine groups is 1. The van der Waals surface area contributed by atoms with Crippen LogP contribution in [0.3, 0.4) is 0 Å². The number of aliphatic imine (C=N–C) groups is 1. The first-order valence-electron chi connectivity index (χ1n) is 8.56. The minimum atomic E-state index is -2.82. The molecule has 0 unspecified atom stereocenters. The Morgan fingerprint density at radius 2 is 1.92 bits per heavy atom. The van der Waals surface area contributed by atoms with Crippen molar-refractivity contribution in [3.05, 3.63) is 34.9 Å². The molecule has 0 saturated carbocycles. The molecule has 1 aromatic rings. The molecule has 0 atom stereocenters. The number of halogens is 1. The fourth-order valence-corrected chi connectivity index (χ4v) is 4.08. The van der Waals surface area contributed by atoms with Crippen LogP contribution in [0.2, 0.25) is 5.02 Å². The average molecular weight is 387 g/mol. The zero-order valence-electron chi connectivity index (χ0n) is 14.9. The van der Waals surface area contributed by atoms with Gasteiger partial charge in [-0.05, 0) is 24.6 Å². The van der Waals surface area contributed by atoms with E-state index in [9.17, 15) is 8.42 Å². The largest absolute Gasteiger partial charge is 0.357 e. The molecule has 1 N–H and O–H groups in total. The van der Waals surface area contributed by atoms with Gasteiger partial charge in [0, 0.05) is 44.8 Å². The first-order valence-corrected chi connectivity index (χ1v) is 10.8. The van der Waals surface area contributed by atoms with E-state index in [0.717, 1.165) is 30.6 Å². The summed E-state index contributed by atoms with van der Waals surface area (Å²) >= 11 is 5.93. The summed E-state index contributed by atoms with van der Waals surface area (Å²) in [4.78, 5) is 8.91. The Morgan fingerprint density at radius 1 is 1.28 bits per heavy atom. The van der Waals surface area contributed by atoms with Crippen LogP contribution in [0.15, 0.2) is 29.3 Å². The lowest BCUT2D eigenvalue weighted by molar-refractivity contribution is 0.303. The zero-order valence-corrected chi connectivity index (χ0v) is 16.5. The third-order valence-electron chi connectivity index (χ3n) is 4.14. The van der Waals surface area contributed by atoms with Crippen molar-refractivity contribution in [2.24, 2.45) is 4.99 Å². The Morgan fingerprint density at radius 3 is 2.52 bits per heavy atom. The highest BCUT2D eigenvalue weighted by Crippen LogP contribution is 2.11. The van der Waals surface area contributed by atoms with Gasteiger partial charge in [0.05, 0.1) is 18.1 Å². The number of hydrogen-bond donors (Lipinski definition) is 1. The van der Waals surface area contributed by atoms with E-state index in [4.69, 9.17) is 11.6 Å². The molecule has 2 rings (SSSR count). The summed E-state index contributed by atoms with van der Waals surface area (Å²) in [6.45, 7) is 6.22. The van der Waals surface area contributed by atoms with Crippen molar-refractivity contribution >= 4 is 27.4 Å². The molecule has 6 nitrogen and oxygen atoms in total. The second-order valence-electron chi connectivity index (χ2n) is 6.21. The monoisotopic (exact) mass is 386 g/mol. The van der Waals surface area contributed by atoms with Crippen LogP contribution in [-0.4, -0.2) is 75.5 Å². The van der Waals surface area contributed by atoms with Crippen molar-refractivity contribution in [2.45, 2.75) is 13.5 Å². The molecule has 0 radical (unpaired) electrons. The first kappa shape index (κ1) is 20.0. The molecule has 25 heavy (non-hydrogen) atoms. The van der Waals surface area contributed by atoms with Crippen LogP contribution in [-0.2, 0) is 16.4 Å². The molecule has 1 aromatic carbocycles. The maximum absolute atomic E-state index is 11.5. The van der Waals surface area contributed by atoms with Gasteiger partial charge in [0.25, 0.3) is 0 Å². The van der Waals surface area contributed by atoms with E-state index in [1.807, 2.05) is 38.2 Å². The fourth-order valence-electron chi connectivity index (χ4n) is 2.68. The van der Waals surface area contributed by atoms with Crippen molar-refractivity contribution < 1.29 is 8.42 Å². The van der Waals surface area contributed by atoms with Gasteiger partial charge in [-0.2, -0.15) is 0 Å². The van der Waals surface area contributed by atoms with Crippen LogP contribution >= 0.6 is 11.6 Å². The number of benzene rings is 1. The number of rotatable bonds is 6. The van der Waals surface area contributed by atoms with Crippen LogP contribution in [0.1, 0.15) is 12.5 Å². The van der Waals surface area contributed by atoms with Crippen LogP contribution < -0.4 is 5.32 Å². The molecule has 0 bridgehead atoms. The molecule has 1 fully saturated rings. The van der Waals surface area contributed by atoms with Gasteiger partial charge in [0.15, 0.2) is 15.8 Å². The molecule has 1 aliphatic rings. The number of nitrogens with one attached hydrogen (secondary N) is 1. The summed E-state index contributed by atoms with van der Waals surface area (Å²) in [7, 11) is -0.821. The van der Waals surface area contributed by atoms with Crippen LogP contribution in [0, 0.1) is 0 Å².